The van der Waals surface area contributed by atoms with Gasteiger partial charge in [0.2, 0.25) is 17.7 Å². The standard InChI is InChI=1S/C18H19N3O2.C17H16ClN3O2.C17H16FN3O2/c1-4-21-15-10-13(7-8-14(15)18(2,3)17(21)23)20-16(22)12-6-5-9-19-11-12;1-17(2)12-5-4-10(8-14(12)21(3)16(17)23)20-15(22)11-9-19-7-6-13(11)18;1-17(2)11-8-12(18)13(9-14(11)21(3)16(17)23)20-15(22)10-4-6-19-7-5-10/h5-11H,4H2,1-3H3,(H,20,22);2*4-9H,1-3H3,(H,20,22). The zero-order valence-electron chi connectivity index (χ0n) is 39.6. The quantitative estimate of drug-likeness (QED) is 0.140. The van der Waals surface area contributed by atoms with Gasteiger partial charge in [-0.15, -0.1) is 0 Å². The van der Waals surface area contributed by atoms with Gasteiger partial charge in [0.15, 0.2) is 0 Å². The first-order valence-electron chi connectivity index (χ1n) is 21.9. The number of likely N-dealkylation sites (N-methyl/N-ethyl adjacent to an activating group) is 3. The smallest absolute Gasteiger partial charge is 0.258 e. The Morgan fingerprint density at radius 1 is 0.580 bits per heavy atom. The minimum absolute atomic E-state index is 0.0336. The van der Waals surface area contributed by atoms with Gasteiger partial charge < -0.3 is 30.7 Å². The van der Waals surface area contributed by atoms with Crippen molar-refractivity contribution in [3.8, 4) is 0 Å². The topological polar surface area (TPSA) is 187 Å². The van der Waals surface area contributed by atoms with E-state index < -0.39 is 28.0 Å². The lowest BCUT2D eigenvalue weighted by Crippen LogP contribution is -2.35. The Kier molecular flexibility index (Phi) is 13.5. The highest BCUT2D eigenvalue weighted by Gasteiger charge is 2.45. The molecule has 3 aromatic heterocycles. The molecule has 354 valence electrons. The van der Waals surface area contributed by atoms with Crippen molar-refractivity contribution in [3.63, 3.8) is 0 Å². The fraction of sp³-hybridized carbons (Fsp3) is 0.250. The maximum absolute atomic E-state index is 14.4. The lowest BCUT2D eigenvalue weighted by molar-refractivity contribution is -0.122. The third-order valence-corrected chi connectivity index (χ3v) is 12.9. The third-order valence-electron chi connectivity index (χ3n) is 12.5. The Labute approximate surface area is 404 Å². The zero-order chi connectivity index (χ0) is 50.2. The van der Waals surface area contributed by atoms with Crippen LogP contribution in [0, 0.1) is 5.82 Å². The molecule has 6 amide bonds. The van der Waals surface area contributed by atoms with E-state index in [1.165, 1.54) is 48.0 Å². The van der Waals surface area contributed by atoms with Gasteiger partial charge in [0.1, 0.15) is 5.82 Å². The number of rotatable bonds is 7. The molecule has 0 radical (unpaired) electrons. The minimum Gasteiger partial charge on any atom is -0.322 e. The van der Waals surface area contributed by atoms with Gasteiger partial charge in [0.05, 0.1) is 38.1 Å². The summed E-state index contributed by atoms with van der Waals surface area (Å²) in [6, 6.07) is 22.0. The minimum atomic E-state index is -0.779. The van der Waals surface area contributed by atoms with Crippen molar-refractivity contribution in [2.24, 2.45) is 0 Å². The molecule has 0 saturated carbocycles. The first-order chi connectivity index (χ1) is 32.6. The molecule has 9 rings (SSSR count). The van der Waals surface area contributed by atoms with Crippen LogP contribution in [0.1, 0.15) is 96.2 Å². The van der Waals surface area contributed by atoms with Crippen LogP contribution in [-0.2, 0) is 30.6 Å². The Morgan fingerprint density at radius 3 is 1.70 bits per heavy atom. The molecule has 3 aliphatic rings. The maximum Gasteiger partial charge on any atom is 0.258 e. The van der Waals surface area contributed by atoms with E-state index in [0.29, 0.717) is 50.9 Å². The first-order valence-corrected chi connectivity index (χ1v) is 22.3. The summed E-state index contributed by atoms with van der Waals surface area (Å²) >= 11 is 6.01. The van der Waals surface area contributed by atoms with Crippen molar-refractivity contribution in [3.05, 3.63) is 160 Å². The molecule has 6 heterocycles. The van der Waals surface area contributed by atoms with E-state index in [1.54, 1.807) is 86.4 Å². The summed E-state index contributed by atoms with van der Waals surface area (Å²) in [6.07, 6.45) is 9.07. The highest BCUT2D eigenvalue weighted by atomic mass is 35.5. The third kappa shape index (κ3) is 9.39. The van der Waals surface area contributed by atoms with Crippen LogP contribution in [0.15, 0.2) is 116 Å². The van der Waals surface area contributed by atoms with Gasteiger partial charge >= 0.3 is 0 Å². The highest BCUT2D eigenvalue weighted by Crippen LogP contribution is 2.45. The number of carbonyl (C=O) groups is 6. The second kappa shape index (κ2) is 19.0. The van der Waals surface area contributed by atoms with E-state index in [-0.39, 0.29) is 35.2 Å². The fourth-order valence-electron chi connectivity index (χ4n) is 8.52. The molecule has 0 unspecified atom stereocenters. The van der Waals surface area contributed by atoms with Gasteiger partial charge in [-0.05, 0) is 132 Å². The highest BCUT2D eigenvalue weighted by molar-refractivity contribution is 6.34. The molecule has 3 N–H and O–H groups in total. The Hall–Kier alpha value is -7.85. The maximum atomic E-state index is 14.4. The number of nitrogens with one attached hydrogen (secondary N) is 3. The number of halogens is 2. The number of hydrogen-bond donors (Lipinski definition) is 3. The first kappa shape index (κ1) is 49.1. The molecular formula is C52H51ClFN9O6. The second-order valence-corrected chi connectivity index (χ2v) is 18.6. The average Bonchev–Trinajstić information content (AvgIpc) is 3.71. The van der Waals surface area contributed by atoms with Crippen LogP contribution < -0.4 is 30.7 Å². The number of hydrogen-bond acceptors (Lipinski definition) is 9. The summed E-state index contributed by atoms with van der Waals surface area (Å²) in [7, 11) is 3.38. The predicted octanol–water partition coefficient (Wildman–Crippen LogP) is 8.95. The van der Waals surface area contributed by atoms with Crippen LogP contribution in [0.5, 0.6) is 0 Å². The molecule has 17 heteroatoms. The van der Waals surface area contributed by atoms with Crippen LogP contribution in [-0.4, -0.2) is 71.0 Å². The van der Waals surface area contributed by atoms with Crippen LogP contribution in [0.2, 0.25) is 5.02 Å². The average molecular weight is 952 g/mol. The van der Waals surface area contributed by atoms with E-state index in [9.17, 15) is 33.2 Å². The SMILES string of the molecule is CCN1C(=O)C(C)(C)c2ccc(NC(=O)c3cccnc3)cc21.CN1C(=O)C(C)(C)c2cc(F)c(NC(=O)c3ccncc3)cc21.CN1C(=O)C(C)(C)c2ccc(NC(=O)c3cnccc3Cl)cc21. The molecule has 0 aliphatic carbocycles. The van der Waals surface area contributed by atoms with Crippen molar-refractivity contribution in [1.82, 2.24) is 15.0 Å². The summed E-state index contributed by atoms with van der Waals surface area (Å²) < 4.78 is 14.4. The molecule has 6 aromatic rings. The second-order valence-electron chi connectivity index (χ2n) is 18.2. The Morgan fingerprint density at radius 2 is 1.10 bits per heavy atom. The van der Waals surface area contributed by atoms with Crippen molar-refractivity contribution >= 4 is 81.2 Å². The largest absolute Gasteiger partial charge is 0.322 e. The lowest BCUT2D eigenvalue weighted by atomic mass is 9.86. The Balaban J connectivity index is 0.000000153. The molecule has 0 bridgehead atoms. The van der Waals surface area contributed by atoms with Gasteiger partial charge in [0, 0.05) is 91.8 Å². The monoisotopic (exact) mass is 951 g/mol. The van der Waals surface area contributed by atoms with E-state index in [0.717, 1.165) is 22.5 Å². The number of aromatic nitrogens is 3. The van der Waals surface area contributed by atoms with Crippen LogP contribution >= 0.6 is 11.6 Å². The summed E-state index contributed by atoms with van der Waals surface area (Å²) in [4.78, 5) is 90.3. The molecule has 3 aliphatic heterocycles. The fourth-order valence-corrected chi connectivity index (χ4v) is 8.71. The summed E-state index contributed by atoms with van der Waals surface area (Å²) in [5.41, 5.74) is 5.45. The van der Waals surface area contributed by atoms with Crippen molar-refractivity contribution in [1.29, 1.82) is 0 Å². The molecule has 15 nitrogen and oxygen atoms in total. The lowest BCUT2D eigenvalue weighted by Gasteiger charge is -2.18. The molecule has 0 spiro atoms. The van der Waals surface area contributed by atoms with E-state index in [1.807, 2.05) is 58.9 Å². The molecule has 69 heavy (non-hydrogen) atoms. The van der Waals surface area contributed by atoms with Crippen LogP contribution in [0.25, 0.3) is 0 Å². The molecule has 0 saturated heterocycles. The van der Waals surface area contributed by atoms with Gasteiger partial charge in [-0.1, -0.05) is 23.7 Å². The van der Waals surface area contributed by atoms with E-state index >= 15 is 0 Å². The predicted molar refractivity (Wildman–Crippen MR) is 265 cm³/mol. The number of benzene rings is 3. The normalized spacial score (nSPS) is 15.5. The van der Waals surface area contributed by atoms with Crippen molar-refractivity contribution in [2.45, 2.75) is 64.7 Å². The van der Waals surface area contributed by atoms with E-state index in [4.69, 9.17) is 11.6 Å². The number of fused-ring (bicyclic) bond motifs is 3. The van der Waals surface area contributed by atoms with E-state index in [2.05, 4.69) is 30.9 Å². The van der Waals surface area contributed by atoms with Crippen molar-refractivity contribution < 1.29 is 33.2 Å². The Bertz CT molecular complexity index is 3040. The number of nitrogens with zero attached hydrogens (tertiary/aromatic N) is 6. The van der Waals surface area contributed by atoms with Gasteiger partial charge in [-0.3, -0.25) is 43.7 Å². The molecule has 0 fully saturated rings. The van der Waals surface area contributed by atoms with Gasteiger partial charge in [-0.2, -0.15) is 0 Å². The van der Waals surface area contributed by atoms with Crippen LogP contribution in [0.3, 0.4) is 0 Å². The van der Waals surface area contributed by atoms with Gasteiger partial charge in [0.25, 0.3) is 17.7 Å². The molecule has 0 atom stereocenters. The summed E-state index contributed by atoms with van der Waals surface area (Å²) in [6.45, 7) is 13.7. The number of amides is 6. The summed E-state index contributed by atoms with van der Waals surface area (Å²) in [5, 5.41) is 8.53. The van der Waals surface area contributed by atoms with Crippen LogP contribution in [0.4, 0.5) is 38.5 Å². The number of carbonyl (C=O) groups excluding carboxylic acids is 6. The van der Waals surface area contributed by atoms with Crippen molar-refractivity contribution in [2.75, 3.05) is 51.3 Å². The van der Waals surface area contributed by atoms with Gasteiger partial charge in [-0.25, -0.2) is 4.39 Å². The summed E-state index contributed by atoms with van der Waals surface area (Å²) in [5.74, 6) is -1.54. The zero-order valence-corrected chi connectivity index (χ0v) is 40.3. The number of anilines is 6. The molecule has 3 aromatic carbocycles. The molecular weight excluding hydrogens is 901 g/mol. The number of pyridine rings is 3.